The Bertz CT molecular complexity index is 954. The standard InChI is InChI=1S/C25H35N3O4/c1-5-27(6-2)13-15-31-20-11-9-18-17-19-10-12-21(32-16-14-28(7-3)8-4)25(30)23(19)26-22(18)24(20)29/h9-12,17,29-30H,5-8,13-16H2,1-4H3. The summed E-state index contributed by atoms with van der Waals surface area (Å²) in [5.74, 6) is 0.748. The van der Waals surface area contributed by atoms with Crippen LogP contribution in [0.15, 0.2) is 30.3 Å². The summed E-state index contributed by atoms with van der Waals surface area (Å²) in [5.41, 5.74) is 0.793. The van der Waals surface area contributed by atoms with Gasteiger partial charge in [0, 0.05) is 23.9 Å². The number of nitrogens with zero attached hydrogens (tertiary/aromatic N) is 3. The summed E-state index contributed by atoms with van der Waals surface area (Å²) in [6.07, 6.45) is 0. The minimum atomic E-state index is -0.0174. The second kappa shape index (κ2) is 11.2. The molecule has 0 radical (unpaired) electrons. The van der Waals surface area contributed by atoms with Crippen LogP contribution < -0.4 is 9.47 Å². The Hall–Kier alpha value is -2.77. The Labute approximate surface area is 190 Å². The highest BCUT2D eigenvalue weighted by Crippen LogP contribution is 2.39. The van der Waals surface area contributed by atoms with Crippen molar-refractivity contribution in [1.29, 1.82) is 0 Å². The summed E-state index contributed by atoms with van der Waals surface area (Å²) in [7, 11) is 0. The first-order valence-electron chi connectivity index (χ1n) is 11.5. The lowest BCUT2D eigenvalue weighted by molar-refractivity contribution is 0.218. The van der Waals surface area contributed by atoms with Crippen LogP contribution in [0.5, 0.6) is 23.0 Å². The second-order valence-electron chi connectivity index (χ2n) is 7.71. The summed E-state index contributed by atoms with van der Waals surface area (Å²) in [5, 5.41) is 23.1. The highest BCUT2D eigenvalue weighted by molar-refractivity contribution is 5.99. The number of phenolic OH excluding ortho intramolecular Hbond substituents is 2. The molecule has 3 rings (SSSR count). The van der Waals surface area contributed by atoms with Crippen molar-refractivity contribution in [2.45, 2.75) is 27.7 Å². The highest BCUT2D eigenvalue weighted by atomic mass is 16.5. The zero-order chi connectivity index (χ0) is 23.1. The molecule has 0 aliphatic rings. The molecule has 0 saturated heterocycles. The van der Waals surface area contributed by atoms with Crippen molar-refractivity contribution in [1.82, 2.24) is 14.8 Å². The van der Waals surface area contributed by atoms with Gasteiger partial charge in [0.1, 0.15) is 24.2 Å². The predicted octanol–water partition coefficient (Wildman–Crippen LogP) is 4.24. The van der Waals surface area contributed by atoms with Crippen LogP contribution in [0, 0.1) is 0 Å². The van der Waals surface area contributed by atoms with Gasteiger partial charge < -0.3 is 29.5 Å². The Morgan fingerprint density at radius 3 is 1.47 bits per heavy atom. The smallest absolute Gasteiger partial charge is 0.184 e. The molecule has 0 fully saturated rings. The Balaban J connectivity index is 1.84. The lowest BCUT2D eigenvalue weighted by Crippen LogP contribution is -2.27. The van der Waals surface area contributed by atoms with Crippen LogP contribution >= 0.6 is 0 Å². The Kier molecular flexibility index (Phi) is 8.36. The molecular weight excluding hydrogens is 406 g/mol. The summed E-state index contributed by atoms with van der Waals surface area (Å²) in [6.45, 7) is 14.8. The first-order valence-corrected chi connectivity index (χ1v) is 11.5. The number of pyridine rings is 1. The quantitative estimate of drug-likeness (QED) is 0.407. The van der Waals surface area contributed by atoms with E-state index in [-0.39, 0.29) is 11.5 Å². The van der Waals surface area contributed by atoms with Crippen LogP contribution in [0.4, 0.5) is 0 Å². The van der Waals surface area contributed by atoms with E-state index in [0.717, 1.165) is 50.0 Å². The topological polar surface area (TPSA) is 78.3 Å². The average molecular weight is 442 g/mol. The maximum atomic E-state index is 10.8. The maximum absolute atomic E-state index is 10.8. The Morgan fingerprint density at radius 2 is 1.09 bits per heavy atom. The Morgan fingerprint density at radius 1 is 0.688 bits per heavy atom. The van der Waals surface area contributed by atoms with E-state index in [1.54, 1.807) is 12.1 Å². The minimum absolute atomic E-state index is 0.0174. The molecule has 32 heavy (non-hydrogen) atoms. The van der Waals surface area contributed by atoms with Gasteiger partial charge in [0.05, 0.1) is 0 Å². The van der Waals surface area contributed by atoms with Crippen LogP contribution in [0.1, 0.15) is 27.7 Å². The van der Waals surface area contributed by atoms with E-state index in [1.807, 2.05) is 18.2 Å². The fourth-order valence-electron chi connectivity index (χ4n) is 3.78. The van der Waals surface area contributed by atoms with Crippen molar-refractivity contribution >= 4 is 21.8 Å². The minimum Gasteiger partial charge on any atom is -0.503 e. The van der Waals surface area contributed by atoms with E-state index in [0.29, 0.717) is 35.7 Å². The number of phenols is 2. The summed E-state index contributed by atoms with van der Waals surface area (Å²) < 4.78 is 11.6. The third-order valence-corrected chi connectivity index (χ3v) is 5.94. The zero-order valence-electron chi connectivity index (χ0n) is 19.6. The van der Waals surface area contributed by atoms with Gasteiger partial charge in [-0.15, -0.1) is 0 Å². The van der Waals surface area contributed by atoms with Gasteiger partial charge in [-0.3, -0.25) is 0 Å². The van der Waals surface area contributed by atoms with Crippen LogP contribution in [0.3, 0.4) is 0 Å². The number of ether oxygens (including phenoxy) is 2. The van der Waals surface area contributed by atoms with E-state index in [4.69, 9.17) is 9.47 Å². The number of hydrogen-bond acceptors (Lipinski definition) is 7. The normalized spacial score (nSPS) is 11.7. The lowest BCUT2D eigenvalue weighted by atomic mass is 10.1. The van der Waals surface area contributed by atoms with Crippen molar-refractivity contribution in [3.63, 3.8) is 0 Å². The largest absolute Gasteiger partial charge is 0.503 e. The van der Waals surface area contributed by atoms with E-state index >= 15 is 0 Å². The molecule has 0 amide bonds. The lowest BCUT2D eigenvalue weighted by Gasteiger charge is -2.19. The first-order chi connectivity index (χ1) is 15.5. The van der Waals surface area contributed by atoms with Crippen molar-refractivity contribution in [2.75, 3.05) is 52.5 Å². The van der Waals surface area contributed by atoms with Crippen LogP contribution in [0.2, 0.25) is 0 Å². The molecule has 2 aromatic carbocycles. The molecule has 1 aromatic heterocycles. The van der Waals surface area contributed by atoms with Crippen molar-refractivity contribution < 1.29 is 19.7 Å². The molecule has 0 saturated carbocycles. The van der Waals surface area contributed by atoms with Gasteiger partial charge in [-0.05, 0) is 56.5 Å². The highest BCUT2D eigenvalue weighted by Gasteiger charge is 2.15. The van der Waals surface area contributed by atoms with Gasteiger partial charge in [-0.2, -0.15) is 0 Å². The fourth-order valence-corrected chi connectivity index (χ4v) is 3.78. The molecule has 7 heteroatoms. The number of rotatable bonds is 12. The van der Waals surface area contributed by atoms with Gasteiger partial charge in [0.2, 0.25) is 0 Å². The molecule has 3 aromatic rings. The third-order valence-electron chi connectivity index (χ3n) is 5.94. The number of likely N-dealkylation sites (N-methyl/N-ethyl adjacent to an activating group) is 2. The molecule has 0 aliphatic carbocycles. The number of hydrogen-bond donors (Lipinski definition) is 2. The zero-order valence-corrected chi connectivity index (χ0v) is 19.6. The molecule has 7 nitrogen and oxygen atoms in total. The van der Waals surface area contributed by atoms with Crippen LogP contribution in [-0.4, -0.2) is 77.5 Å². The fraction of sp³-hybridized carbons (Fsp3) is 0.480. The number of benzene rings is 2. The van der Waals surface area contributed by atoms with E-state index in [9.17, 15) is 10.2 Å². The molecule has 0 aliphatic heterocycles. The maximum Gasteiger partial charge on any atom is 0.184 e. The summed E-state index contributed by atoms with van der Waals surface area (Å²) in [4.78, 5) is 9.08. The molecule has 0 atom stereocenters. The average Bonchev–Trinajstić information content (AvgIpc) is 2.81. The van der Waals surface area contributed by atoms with Crippen LogP contribution in [0.25, 0.3) is 21.8 Å². The number of aromatic nitrogens is 1. The molecule has 174 valence electrons. The van der Waals surface area contributed by atoms with Gasteiger partial charge in [0.15, 0.2) is 23.0 Å². The molecule has 2 N–H and O–H groups in total. The molecule has 0 bridgehead atoms. The van der Waals surface area contributed by atoms with Crippen LogP contribution in [-0.2, 0) is 0 Å². The third kappa shape index (κ3) is 5.34. The SMILES string of the molecule is CCN(CC)CCOc1ccc2cc3ccc(OCCN(CC)CC)c(O)c3nc2c1O. The molecular formula is C25H35N3O4. The van der Waals surface area contributed by atoms with E-state index in [2.05, 4.69) is 42.5 Å². The van der Waals surface area contributed by atoms with Gasteiger partial charge in [-0.1, -0.05) is 27.7 Å². The van der Waals surface area contributed by atoms with Crippen molar-refractivity contribution in [2.24, 2.45) is 0 Å². The van der Waals surface area contributed by atoms with E-state index < -0.39 is 0 Å². The number of aromatic hydroxyl groups is 2. The second-order valence-corrected chi connectivity index (χ2v) is 7.71. The summed E-state index contributed by atoms with van der Waals surface area (Å²) >= 11 is 0. The predicted molar refractivity (Wildman–Crippen MR) is 129 cm³/mol. The monoisotopic (exact) mass is 441 g/mol. The van der Waals surface area contributed by atoms with Crippen molar-refractivity contribution in [3.8, 4) is 23.0 Å². The summed E-state index contributed by atoms with van der Waals surface area (Å²) in [6, 6.07) is 9.17. The van der Waals surface area contributed by atoms with Gasteiger partial charge in [0.25, 0.3) is 0 Å². The van der Waals surface area contributed by atoms with Gasteiger partial charge in [-0.25, -0.2) is 4.98 Å². The molecule has 0 unspecified atom stereocenters. The molecule has 0 spiro atoms. The van der Waals surface area contributed by atoms with Gasteiger partial charge >= 0.3 is 0 Å². The number of fused-ring (bicyclic) bond motifs is 2. The van der Waals surface area contributed by atoms with Crippen molar-refractivity contribution in [3.05, 3.63) is 30.3 Å². The molecule has 1 heterocycles. The van der Waals surface area contributed by atoms with E-state index in [1.165, 1.54) is 0 Å². The first kappa shape index (κ1) is 23.9.